The molecule has 24 heavy (non-hydrogen) atoms. The number of carbonyl (C=O) groups is 1. The summed E-state index contributed by atoms with van der Waals surface area (Å²) in [6.45, 7) is 0.361. The summed E-state index contributed by atoms with van der Waals surface area (Å²) in [5, 5.41) is 11.3. The van der Waals surface area contributed by atoms with Crippen molar-refractivity contribution in [2.45, 2.75) is 25.8 Å². The molecule has 1 aliphatic carbocycles. The smallest absolute Gasteiger partial charge is 0.274 e. The van der Waals surface area contributed by atoms with Gasteiger partial charge in [-0.15, -0.1) is 0 Å². The Balaban J connectivity index is 2.00. The van der Waals surface area contributed by atoms with Gasteiger partial charge in [-0.3, -0.25) is 14.9 Å². The molecule has 0 bridgehead atoms. The number of hydrogen-bond donors (Lipinski definition) is 0. The van der Waals surface area contributed by atoms with Gasteiger partial charge in [0.05, 0.1) is 11.5 Å². The van der Waals surface area contributed by atoms with Crippen molar-refractivity contribution in [2.75, 3.05) is 4.90 Å². The first-order chi connectivity index (χ1) is 11.6. The first kappa shape index (κ1) is 15.9. The van der Waals surface area contributed by atoms with Crippen LogP contribution in [0, 0.1) is 10.1 Å². The van der Waals surface area contributed by atoms with Gasteiger partial charge >= 0.3 is 0 Å². The van der Waals surface area contributed by atoms with Gasteiger partial charge in [0.2, 0.25) is 0 Å². The van der Waals surface area contributed by atoms with Crippen LogP contribution in [0.3, 0.4) is 0 Å². The maximum absolute atomic E-state index is 11.8. The van der Waals surface area contributed by atoms with Gasteiger partial charge in [-0.2, -0.15) is 0 Å². The quantitative estimate of drug-likeness (QED) is 0.610. The zero-order chi connectivity index (χ0) is 16.9. The van der Waals surface area contributed by atoms with E-state index >= 15 is 0 Å². The molecule has 5 heteroatoms. The zero-order valence-corrected chi connectivity index (χ0v) is 13.2. The van der Waals surface area contributed by atoms with E-state index in [0.29, 0.717) is 18.5 Å². The van der Waals surface area contributed by atoms with Gasteiger partial charge in [0.15, 0.2) is 5.78 Å². The number of carbonyl (C=O) groups excluding carboxylic acids is 1. The minimum Gasteiger partial charge on any atom is -0.340 e. The average Bonchev–Trinajstić information content (AvgIpc) is 2.60. The Morgan fingerprint density at radius 1 is 1.00 bits per heavy atom. The Hall–Kier alpha value is -2.95. The van der Waals surface area contributed by atoms with E-state index in [1.165, 1.54) is 6.07 Å². The van der Waals surface area contributed by atoms with E-state index in [9.17, 15) is 14.9 Å². The van der Waals surface area contributed by atoms with E-state index in [1.807, 2.05) is 35.2 Å². The summed E-state index contributed by atoms with van der Waals surface area (Å²) in [6.07, 6.45) is 3.84. The van der Waals surface area contributed by atoms with E-state index in [-0.39, 0.29) is 16.4 Å². The monoisotopic (exact) mass is 322 g/mol. The summed E-state index contributed by atoms with van der Waals surface area (Å²) in [5.74, 6) is 0.111. The standard InChI is InChI=1S/C19H18N2O3/c22-18-11-6-10-17(13-18)20(16-8-2-1-3-9-16)14-15-7-4-5-12-19(15)21(23)24/h1-5,7-9,12-13H,6,10-11,14H2. The van der Waals surface area contributed by atoms with Crippen molar-refractivity contribution in [1.82, 2.24) is 0 Å². The van der Waals surface area contributed by atoms with Crippen LogP contribution >= 0.6 is 0 Å². The van der Waals surface area contributed by atoms with Gasteiger partial charge in [0.1, 0.15) is 0 Å². The molecule has 0 spiro atoms. The van der Waals surface area contributed by atoms with Crippen LogP contribution in [0.25, 0.3) is 0 Å². The number of benzene rings is 2. The second-order valence-electron chi connectivity index (χ2n) is 5.76. The molecule has 122 valence electrons. The van der Waals surface area contributed by atoms with Crippen LogP contribution in [-0.4, -0.2) is 10.7 Å². The summed E-state index contributed by atoms with van der Waals surface area (Å²) in [5.41, 5.74) is 2.57. The highest BCUT2D eigenvalue weighted by atomic mass is 16.6. The van der Waals surface area contributed by atoms with Gasteiger partial charge in [0, 0.05) is 35.5 Å². The molecule has 0 aliphatic heterocycles. The molecule has 0 N–H and O–H groups in total. The number of nitrogens with zero attached hydrogens (tertiary/aromatic N) is 2. The Morgan fingerprint density at radius 3 is 2.42 bits per heavy atom. The molecule has 0 unspecified atom stereocenters. The van der Waals surface area contributed by atoms with E-state index < -0.39 is 0 Å². The minimum absolute atomic E-state index is 0.0983. The summed E-state index contributed by atoms with van der Waals surface area (Å²) < 4.78 is 0. The average molecular weight is 322 g/mol. The normalized spacial score (nSPS) is 14.2. The van der Waals surface area contributed by atoms with Crippen LogP contribution in [0.2, 0.25) is 0 Å². The van der Waals surface area contributed by atoms with Crippen molar-refractivity contribution in [3.63, 3.8) is 0 Å². The predicted octanol–water partition coefficient (Wildman–Crippen LogP) is 4.24. The van der Waals surface area contributed by atoms with Gasteiger partial charge in [-0.1, -0.05) is 36.4 Å². The van der Waals surface area contributed by atoms with Crippen LogP contribution in [-0.2, 0) is 11.3 Å². The predicted molar refractivity (Wildman–Crippen MR) is 92.7 cm³/mol. The molecular weight excluding hydrogens is 304 g/mol. The first-order valence-electron chi connectivity index (χ1n) is 7.93. The van der Waals surface area contributed by atoms with Crippen LogP contribution in [0.5, 0.6) is 0 Å². The van der Waals surface area contributed by atoms with E-state index in [1.54, 1.807) is 24.3 Å². The minimum atomic E-state index is -0.362. The molecular formula is C19H18N2O3. The Morgan fingerprint density at radius 2 is 1.71 bits per heavy atom. The molecule has 2 aromatic rings. The molecule has 0 atom stereocenters. The van der Waals surface area contributed by atoms with E-state index in [2.05, 4.69) is 0 Å². The number of para-hydroxylation sites is 2. The molecule has 0 aromatic heterocycles. The number of hydrogen-bond acceptors (Lipinski definition) is 4. The second-order valence-corrected chi connectivity index (χ2v) is 5.76. The lowest BCUT2D eigenvalue weighted by Crippen LogP contribution is -2.25. The molecule has 0 saturated carbocycles. The molecule has 0 radical (unpaired) electrons. The lowest BCUT2D eigenvalue weighted by Gasteiger charge is -2.29. The van der Waals surface area contributed by atoms with E-state index in [0.717, 1.165) is 24.2 Å². The second kappa shape index (κ2) is 7.08. The first-order valence-corrected chi connectivity index (χ1v) is 7.93. The van der Waals surface area contributed by atoms with Gasteiger partial charge < -0.3 is 4.90 Å². The topological polar surface area (TPSA) is 63.5 Å². The number of nitro groups is 1. The Kier molecular flexibility index (Phi) is 4.70. The molecule has 0 saturated heterocycles. The number of rotatable bonds is 5. The largest absolute Gasteiger partial charge is 0.340 e. The highest BCUT2D eigenvalue weighted by Gasteiger charge is 2.21. The lowest BCUT2D eigenvalue weighted by molar-refractivity contribution is -0.385. The third kappa shape index (κ3) is 3.51. The van der Waals surface area contributed by atoms with Crippen LogP contribution < -0.4 is 4.90 Å². The van der Waals surface area contributed by atoms with Gasteiger partial charge in [-0.05, 0) is 25.0 Å². The lowest BCUT2D eigenvalue weighted by atomic mass is 10.0. The third-order valence-corrected chi connectivity index (χ3v) is 4.12. The molecule has 2 aromatic carbocycles. The molecule has 0 amide bonds. The van der Waals surface area contributed by atoms with Gasteiger partial charge in [-0.25, -0.2) is 0 Å². The third-order valence-electron chi connectivity index (χ3n) is 4.12. The summed E-state index contributed by atoms with van der Waals surface area (Å²) in [6, 6.07) is 16.4. The SMILES string of the molecule is O=C1C=C(N(Cc2ccccc2[N+](=O)[O-])c2ccccc2)CCC1. The number of ketones is 1. The molecule has 0 fully saturated rings. The fourth-order valence-corrected chi connectivity index (χ4v) is 2.95. The van der Waals surface area contributed by atoms with Crippen molar-refractivity contribution in [3.8, 4) is 0 Å². The van der Waals surface area contributed by atoms with Crippen molar-refractivity contribution in [1.29, 1.82) is 0 Å². The van der Waals surface area contributed by atoms with Crippen LogP contribution in [0.1, 0.15) is 24.8 Å². The maximum atomic E-state index is 11.8. The fourth-order valence-electron chi connectivity index (χ4n) is 2.95. The molecule has 1 aliphatic rings. The number of nitro benzene ring substituents is 1. The molecule has 0 heterocycles. The highest BCUT2D eigenvalue weighted by Crippen LogP contribution is 2.29. The van der Waals surface area contributed by atoms with Crippen molar-refractivity contribution in [3.05, 3.63) is 82.0 Å². The van der Waals surface area contributed by atoms with Crippen molar-refractivity contribution >= 4 is 17.2 Å². The fraction of sp³-hybridized carbons (Fsp3) is 0.211. The summed E-state index contributed by atoms with van der Waals surface area (Å²) in [4.78, 5) is 24.7. The maximum Gasteiger partial charge on any atom is 0.274 e. The van der Waals surface area contributed by atoms with Crippen LogP contribution in [0.15, 0.2) is 66.4 Å². The molecule has 5 nitrogen and oxygen atoms in total. The van der Waals surface area contributed by atoms with Crippen molar-refractivity contribution < 1.29 is 9.72 Å². The zero-order valence-electron chi connectivity index (χ0n) is 13.2. The van der Waals surface area contributed by atoms with Crippen molar-refractivity contribution in [2.24, 2.45) is 0 Å². The number of anilines is 1. The Labute approximate surface area is 140 Å². The summed E-state index contributed by atoms with van der Waals surface area (Å²) in [7, 11) is 0. The molecule has 3 rings (SSSR count). The van der Waals surface area contributed by atoms with Crippen LogP contribution in [0.4, 0.5) is 11.4 Å². The van der Waals surface area contributed by atoms with Gasteiger partial charge in [0.25, 0.3) is 5.69 Å². The van der Waals surface area contributed by atoms with E-state index in [4.69, 9.17) is 0 Å². The number of allylic oxidation sites excluding steroid dienone is 2. The highest BCUT2D eigenvalue weighted by molar-refractivity contribution is 5.91. The Bertz CT molecular complexity index is 784. The summed E-state index contributed by atoms with van der Waals surface area (Å²) >= 11 is 0.